The number of nitrogens with one attached hydrogen (secondary N) is 1. The zero-order valence-corrected chi connectivity index (χ0v) is 8.92. The number of nitrogens with two attached hydrogens (primary N) is 1. The number of hydrogen-bond donors (Lipinski definition) is 2. The Kier molecular flexibility index (Phi) is 2.91. The number of halogens is 1. The lowest BCUT2D eigenvalue weighted by molar-refractivity contribution is 0.624. The van der Waals surface area contributed by atoms with E-state index in [4.69, 9.17) is 5.73 Å². The zero-order valence-electron chi connectivity index (χ0n) is 8.11. The Labute approximate surface area is 94.7 Å². The summed E-state index contributed by atoms with van der Waals surface area (Å²) in [5.74, 6) is -0.380. The fourth-order valence-corrected chi connectivity index (χ4v) is 1.94. The van der Waals surface area contributed by atoms with Crippen molar-refractivity contribution in [3.63, 3.8) is 0 Å². The SMILES string of the molecule is Nc1ccc(F)cc1Sc1nccc(=O)[nH]1. The largest absolute Gasteiger partial charge is 0.398 e. The van der Waals surface area contributed by atoms with Crippen LogP contribution in [0.5, 0.6) is 0 Å². The molecule has 0 aliphatic heterocycles. The Morgan fingerprint density at radius 2 is 2.19 bits per heavy atom. The highest BCUT2D eigenvalue weighted by Crippen LogP contribution is 2.29. The standard InChI is InChI=1S/C10H8FN3OS/c11-6-1-2-7(12)8(5-6)16-10-13-4-3-9(15)14-10/h1-5H,12H2,(H,13,14,15). The summed E-state index contributed by atoms with van der Waals surface area (Å²) in [6.07, 6.45) is 1.39. The second-order valence-electron chi connectivity index (χ2n) is 3.02. The molecular formula is C10H8FN3OS. The van der Waals surface area contributed by atoms with Crippen LogP contribution in [0.25, 0.3) is 0 Å². The summed E-state index contributed by atoms with van der Waals surface area (Å²) >= 11 is 1.11. The summed E-state index contributed by atoms with van der Waals surface area (Å²) in [7, 11) is 0. The molecule has 0 aliphatic carbocycles. The number of rotatable bonds is 2. The first-order valence-corrected chi connectivity index (χ1v) is 5.25. The van der Waals surface area contributed by atoms with Crippen LogP contribution in [0.2, 0.25) is 0 Å². The fourth-order valence-electron chi connectivity index (χ4n) is 1.10. The minimum Gasteiger partial charge on any atom is -0.398 e. The molecule has 0 bridgehead atoms. The van der Waals surface area contributed by atoms with Crippen LogP contribution in [0.3, 0.4) is 0 Å². The molecule has 0 spiro atoms. The average Bonchev–Trinajstić information content (AvgIpc) is 2.24. The zero-order chi connectivity index (χ0) is 11.5. The van der Waals surface area contributed by atoms with Gasteiger partial charge in [0, 0.05) is 22.8 Å². The van der Waals surface area contributed by atoms with Gasteiger partial charge in [0.2, 0.25) is 0 Å². The maximum Gasteiger partial charge on any atom is 0.251 e. The molecule has 4 nitrogen and oxygen atoms in total. The molecule has 3 N–H and O–H groups in total. The predicted molar refractivity (Wildman–Crippen MR) is 59.8 cm³/mol. The smallest absolute Gasteiger partial charge is 0.251 e. The summed E-state index contributed by atoms with van der Waals surface area (Å²) < 4.78 is 13.0. The molecule has 0 atom stereocenters. The van der Waals surface area contributed by atoms with E-state index in [1.54, 1.807) is 0 Å². The quantitative estimate of drug-likeness (QED) is 0.615. The third-order valence-electron chi connectivity index (χ3n) is 1.83. The van der Waals surface area contributed by atoms with Crippen molar-refractivity contribution in [1.29, 1.82) is 0 Å². The van der Waals surface area contributed by atoms with Gasteiger partial charge in [0.05, 0.1) is 0 Å². The van der Waals surface area contributed by atoms with E-state index in [0.29, 0.717) is 15.7 Å². The summed E-state index contributed by atoms with van der Waals surface area (Å²) in [5, 5.41) is 0.379. The first kappa shape index (κ1) is 10.7. The van der Waals surface area contributed by atoms with Gasteiger partial charge < -0.3 is 10.7 Å². The maximum atomic E-state index is 13.0. The Morgan fingerprint density at radius 1 is 1.38 bits per heavy atom. The monoisotopic (exact) mass is 237 g/mol. The van der Waals surface area contributed by atoms with E-state index in [-0.39, 0.29) is 11.4 Å². The molecule has 1 aromatic heterocycles. The fraction of sp³-hybridized carbons (Fsp3) is 0. The van der Waals surface area contributed by atoms with Gasteiger partial charge in [-0.2, -0.15) is 0 Å². The van der Waals surface area contributed by atoms with Crippen molar-refractivity contribution >= 4 is 17.4 Å². The number of H-pyrrole nitrogens is 1. The van der Waals surface area contributed by atoms with Crippen LogP contribution < -0.4 is 11.3 Å². The summed E-state index contributed by atoms with van der Waals surface area (Å²) in [6, 6.07) is 5.35. The van der Waals surface area contributed by atoms with E-state index in [9.17, 15) is 9.18 Å². The predicted octanol–water partition coefficient (Wildman–Crippen LogP) is 1.64. The van der Waals surface area contributed by atoms with Gasteiger partial charge in [0.1, 0.15) is 5.82 Å². The summed E-state index contributed by atoms with van der Waals surface area (Å²) in [5.41, 5.74) is 5.85. The molecule has 2 rings (SSSR count). The van der Waals surface area contributed by atoms with E-state index < -0.39 is 0 Å². The van der Waals surface area contributed by atoms with Crippen LogP contribution in [0.1, 0.15) is 0 Å². The lowest BCUT2D eigenvalue weighted by atomic mass is 10.3. The Balaban J connectivity index is 2.33. The molecule has 16 heavy (non-hydrogen) atoms. The lowest BCUT2D eigenvalue weighted by Gasteiger charge is -2.03. The number of nitrogens with zero attached hydrogens (tertiary/aromatic N) is 1. The van der Waals surface area contributed by atoms with Crippen molar-refractivity contribution in [2.45, 2.75) is 10.1 Å². The van der Waals surface area contributed by atoms with Crippen molar-refractivity contribution in [3.05, 3.63) is 46.6 Å². The van der Waals surface area contributed by atoms with Crippen LogP contribution in [0.15, 0.2) is 45.3 Å². The number of aromatic nitrogens is 2. The van der Waals surface area contributed by atoms with Crippen LogP contribution in [0, 0.1) is 5.82 Å². The van der Waals surface area contributed by atoms with Crippen LogP contribution in [-0.4, -0.2) is 9.97 Å². The molecule has 0 radical (unpaired) electrons. The molecule has 6 heteroatoms. The Morgan fingerprint density at radius 3 is 2.94 bits per heavy atom. The molecule has 1 heterocycles. The lowest BCUT2D eigenvalue weighted by Crippen LogP contribution is -2.05. The van der Waals surface area contributed by atoms with Crippen molar-refractivity contribution in [2.75, 3.05) is 5.73 Å². The molecule has 0 saturated heterocycles. The minimum absolute atomic E-state index is 0.257. The number of hydrogen-bond acceptors (Lipinski definition) is 4. The Bertz CT molecular complexity index is 570. The molecule has 0 saturated carbocycles. The molecular weight excluding hydrogens is 229 g/mol. The highest BCUT2D eigenvalue weighted by atomic mass is 32.2. The van der Waals surface area contributed by atoms with Gasteiger partial charge in [0.15, 0.2) is 5.16 Å². The van der Waals surface area contributed by atoms with E-state index in [1.807, 2.05) is 0 Å². The number of benzene rings is 1. The molecule has 0 amide bonds. The van der Waals surface area contributed by atoms with Crippen molar-refractivity contribution in [1.82, 2.24) is 9.97 Å². The maximum absolute atomic E-state index is 13.0. The third-order valence-corrected chi connectivity index (χ3v) is 2.80. The topological polar surface area (TPSA) is 71.8 Å². The van der Waals surface area contributed by atoms with E-state index in [1.165, 1.54) is 30.5 Å². The minimum atomic E-state index is -0.380. The van der Waals surface area contributed by atoms with E-state index >= 15 is 0 Å². The van der Waals surface area contributed by atoms with Gasteiger partial charge in [-0.25, -0.2) is 9.37 Å². The number of aromatic amines is 1. The average molecular weight is 237 g/mol. The first-order chi connectivity index (χ1) is 7.65. The van der Waals surface area contributed by atoms with Crippen molar-refractivity contribution in [2.24, 2.45) is 0 Å². The molecule has 2 aromatic rings. The Hall–Kier alpha value is -1.82. The molecule has 0 aliphatic rings. The first-order valence-electron chi connectivity index (χ1n) is 4.43. The number of nitrogen functional groups attached to an aromatic ring is 1. The molecule has 0 fully saturated rings. The van der Waals surface area contributed by atoms with Gasteiger partial charge in [-0.3, -0.25) is 4.79 Å². The summed E-state index contributed by atoms with van der Waals surface area (Å²) in [4.78, 5) is 18.0. The van der Waals surface area contributed by atoms with Gasteiger partial charge in [-0.1, -0.05) is 0 Å². The van der Waals surface area contributed by atoms with Crippen LogP contribution in [-0.2, 0) is 0 Å². The van der Waals surface area contributed by atoms with E-state index in [0.717, 1.165) is 11.8 Å². The molecule has 1 aromatic carbocycles. The second-order valence-corrected chi connectivity index (χ2v) is 4.05. The summed E-state index contributed by atoms with van der Waals surface area (Å²) in [6.45, 7) is 0. The van der Waals surface area contributed by atoms with E-state index in [2.05, 4.69) is 9.97 Å². The molecule has 82 valence electrons. The van der Waals surface area contributed by atoms with Crippen LogP contribution in [0.4, 0.5) is 10.1 Å². The van der Waals surface area contributed by atoms with Crippen LogP contribution >= 0.6 is 11.8 Å². The number of anilines is 1. The third kappa shape index (κ3) is 2.40. The van der Waals surface area contributed by atoms with Gasteiger partial charge in [-0.15, -0.1) is 0 Å². The normalized spacial score (nSPS) is 10.3. The molecule has 0 unspecified atom stereocenters. The van der Waals surface area contributed by atoms with Gasteiger partial charge in [-0.05, 0) is 30.0 Å². The highest BCUT2D eigenvalue weighted by molar-refractivity contribution is 7.99. The van der Waals surface area contributed by atoms with Crippen molar-refractivity contribution < 1.29 is 4.39 Å². The van der Waals surface area contributed by atoms with Gasteiger partial charge >= 0.3 is 0 Å². The van der Waals surface area contributed by atoms with Crippen molar-refractivity contribution in [3.8, 4) is 0 Å². The second kappa shape index (κ2) is 4.36. The highest BCUT2D eigenvalue weighted by Gasteiger charge is 2.05. The van der Waals surface area contributed by atoms with Gasteiger partial charge in [0.25, 0.3) is 5.56 Å².